The molecule has 0 bridgehead atoms. The van der Waals surface area contributed by atoms with Crippen LogP contribution in [0.2, 0.25) is 0 Å². The van der Waals surface area contributed by atoms with Crippen LogP contribution in [0.15, 0.2) is 5.16 Å². The smallest absolute Gasteiger partial charge is 0.312 e. The standard InChI is InChI=1S/C9H14F3N5S/c10-9(11,12)3-6-18-8-14-15-16-17(8)5-4-13-7-1-2-7/h7,13H,1-6H2. The van der Waals surface area contributed by atoms with Gasteiger partial charge in [0.2, 0.25) is 5.16 Å². The minimum absolute atomic E-state index is 0.0556. The largest absolute Gasteiger partial charge is 0.389 e. The normalized spacial score (nSPS) is 16.2. The predicted octanol–water partition coefficient (Wildman–Crippen LogP) is 1.47. The molecule has 0 radical (unpaired) electrons. The van der Waals surface area contributed by atoms with Crippen molar-refractivity contribution in [2.45, 2.75) is 43.2 Å². The SMILES string of the molecule is FC(F)(F)CCSc1nnnn1CCNC1CC1. The number of hydrogen-bond acceptors (Lipinski definition) is 5. The molecule has 1 aliphatic rings. The Balaban J connectivity index is 1.72. The monoisotopic (exact) mass is 281 g/mol. The second-order valence-corrected chi connectivity index (χ2v) is 5.19. The molecule has 1 heterocycles. The number of hydrogen-bond donors (Lipinski definition) is 1. The molecule has 2 rings (SSSR count). The molecule has 0 saturated heterocycles. The average molecular weight is 281 g/mol. The molecule has 0 spiro atoms. The molecular weight excluding hydrogens is 267 g/mol. The van der Waals surface area contributed by atoms with Crippen LogP contribution in [0.25, 0.3) is 0 Å². The Morgan fingerprint density at radius 1 is 1.39 bits per heavy atom. The van der Waals surface area contributed by atoms with Gasteiger partial charge >= 0.3 is 6.18 Å². The first-order chi connectivity index (χ1) is 8.54. The van der Waals surface area contributed by atoms with Crippen molar-refractivity contribution in [2.75, 3.05) is 12.3 Å². The van der Waals surface area contributed by atoms with Gasteiger partial charge in [0.1, 0.15) is 0 Å². The summed E-state index contributed by atoms with van der Waals surface area (Å²) in [7, 11) is 0. The van der Waals surface area contributed by atoms with E-state index in [0.29, 0.717) is 17.7 Å². The van der Waals surface area contributed by atoms with Gasteiger partial charge in [0.15, 0.2) is 0 Å². The van der Waals surface area contributed by atoms with Gasteiger partial charge in [0, 0.05) is 18.3 Å². The van der Waals surface area contributed by atoms with Crippen molar-refractivity contribution in [3.63, 3.8) is 0 Å². The number of rotatable bonds is 7. The quantitative estimate of drug-likeness (QED) is 0.767. The molecule has 102 valence electrons. The highest BCUT2D eigenvalue weighted by Gasteiger charge is 2.27. The van der Waals surface area contributed by atoms with E-state index < -0.39 is 12.6 Å². The van der Waals surface area contributed by atoms with Crippen molar-refractivity contribution < 1.29 is 13.2 Å². The molecule has 0 aliphatic heterocycles. The Labute approximate surface area is 106 Å². The zero-order valence-electron chi connectivity index (χ0n) is 9.65. The topological polar surface area (TPSA) is 55.6 Å². The Kier molecular flexibility index (Phi) is 4.44. The Morgan fingerprint density at radius 2 is 2.17 bits per heavy atom. The summed E-state index contributed by atoms with van der Waals surface area (Å²) in [5, 5.41) is 14.7. The third-order valence-electron chi connectivity index (χ3n) is 2.45. The zero-order chi connectivity index (χ0) is 13.0. The molecule has 0 amide bonds. The molecule has 0 aromatic carbocycles. The molecule has 0 unspecified atom stereocenters. The van der Waals surface area contributed by atoms with E-state index in [1.165, 1.54) is 17.5 Å². The summed E-state index contributed by atoms with van der Waals surface area (Å²) in [6.07, 6.45) is -2.56. The number of halogens is 3. The van der Waals surface area contributed by atoms with E-state index >= 15 is 0 Å². The van der Waals surface area contributed by atoms with Crippen molar-refractivity contribution >= 4 is 11.8 Å². The summed E-state index contributed by atoms with van der Waals surface area (Å²) in [5.74, 6) is -0.0556. The molecule has 5 nitrogen and oxygen atoms in total. The highest BCUT2D eigenvalue weighted by atomic mass is 32.2. The predicted molar refractivity (Wildman–Crippen MR) is 60.2 cm³/mol. The van der Waals surface area contributed by atoms with E-state index in [1.54, 1.807) is 0 Å². The molecule has 1 aliphatic carbocycles. The number of nitrogens with zero attached hydrogens (tertiary/aromatic N) is 4. The average Bonchev–Trinajstić information content (AvgIpc) is 2.98. The van der Waals surface area contributed by atoms with Gasteiger partial charge in [-0.2, -0.15) is 13.2 Å². The second kappa shape index (κ2) is 5.87. The van der Waals surface area contributed by atoms with Crippen LogP contribution >= 0.6 is 11.8 Å². The van der Waals surface area contributed by atoms with Crippen LogP contribution in [0.4, 0.5) is 13.2 Å². The summed E-state index contributed by atoms with van der Waals surface area (Å²) in [6, 6.07) is 0.600. The van der Waals surface area contributed by atoms with Crippen molar-refractivity contribution in [3.05, 3.63) is 0 Å². The summed E-state index contributed by atoms with van der Waals surface area (Å²) < 4.78 is 37.5. The fraction of sp³-hybridized carbons (Fsp3) is 0.889. The molecule has 0 atom stereocenters. The number of nitrogens with one attached hydrogen (secondary N) is 1. The Hall–Kier alpha value is -0.830. The fourth-order valence-electron chi connectivity index (χ4n) is 1.36. The van der Waals surface area contributed by atoms with E-state index in [0.717, 1.165) is 18.3 Å². The van der Waals surface area contributed by atoms with E-state index in [2.05, 4.69) is 20.8 Å². The Bertz CT molecular complexity index is 377. The summed E-state index contributed by atoms with van der Waals surface area (Å²) in [5.41, 5.74) is 0. The van der Waals surface area contributed by atoms with Gasteiger partial charge in [-0.15, -0.1) is 5.10 Å². The number of thioether (sulfide) groups is 1. The van der Waals surface area contributed by atoms with Gasteiger partial charge in [0.25, 0.3) is 0 Å². The summed E-state index contributed by atoms with van der Waals surface area (Å²) in [6.45, 7) is 1.32. The van der Waals surface area contributed by atoms with Gasteiger partial charge in [0.05, 0.1) is 13.0 Å². The second-order valence-electron chi connectivity index (χ2n) is 4.13. The molecule has 9 heteroatoms. The van der Waals surface area contributed by atoms with Crippen molar-refractivity contribution in [1.29, 1.82) is 0 Å². The van der Waals surface area contributed by atoms with Crippen molar-refractivity contribution in [1.82, 2.24) is 25.5 Å². The van der Waals surface area contributed by atoms with Crippen LogP contribution in [0, 0.1) is 0 Å². The molecule has 18 heavy (non-hydrogen) atoms. The lowest BCUT2D eigenvalue weighted by Crippen LogP contribution is -2.22. The summed E-state index contributed by atoms with van der Waals surface area (Å²) >= 11 is 1.03. The lowest BCUT2D eigenvalue weighted by molar-refractivity contribution is -0.129. The van der Waals surface area contributed by atoms with Crippen molar-refractivity contribution in [2.24, 2.45) is 0 Å². The van der Waals surface area contributed by atoms with E-state index in [1.807, 2.05) is 0 Å². The molecule has 1 aromatic heterocycles. The number of alkyl halides is 3. The minimum atomic E-state index is -4.13. The van der Waals surface area contributed by atoms with Gasteiger partial charge < -0.3 is 5.32 Å². The third kappa shape index (κ3) is 4.81. The van der Waals surface area contributed by atoms with Gasteiger partial charge in [-0.25, -0.2) is 4.68 Å². The van der Waals surface area contributed by atoms with Crippen molar-refractivity contribution in [3.8, 4) is 0 Å². The van der Waals surface area contributed by atoms with E-state index in [-0.39, 0.29) is 5.75 Å². The van der Waals surface area contributed by atoms with Crippen LogP contribution in [-0.2, 0) is 6.54 Å². The molecule has 1 N–H and O–H groups in total. The first kappa shape index (κ1) is 13.6. The third-order valence-corrected chi connectivity index (χ3v) is 3.41. The molecular formula is C9H14F3N5S. The van der Waals surface area contributed by atoms with Gasteiger partial charge in [-0.3, -0.25) is 0 Å². The lowest BCUT2D eigenvalue weighted by Gasteiger charge is -2.06. The fourth-order valence-corrected chi connectivity index (χ4v) is 2.25. The van der Waals surface area contributed by atoms with E-state index in [9.17, 15) is 13.2 Å². The molecule has 1 saturated carbocycles. The maximum Gasteiger partial charge on any atom is 0.389 e. The minimum Gasteiger partial charge on any atom is -0.312 e. The maximum absolute atomic E-state index is 12.0. The molecule has 1 fully saturated rings. The van der Waals surface area contributed by atoms with Gasteiger partial charge in [-0.05, 0) is 23.3 Å². The molecule has 1 aromatic rings. The zero-order valence-corrected chi connectivity index (χ0v) is 10.5. The van der Waals surface area contributed by atoms with Crippen LogP contribution in [0.5, 0.6) is 0 Å². The number of tetrazole rings is 1. The maximum atomic E-state index is 12.0. The van der Waals surface area contributed by atoms with Crippen LogP contribution in [-0.4, -0.2) is 44.7 Å². The first-order valence-electron chi connectivity index (χ1n) is 5.74. The van der Waals surface area contributed by atoms with Crippen LogP contribution < -0.4 is 5.32 Å². The van der Waals surface area contributed by atoms with Gasteiger partial charge in [-0.1, -0.05) is 11.8 Å². The van der Waals surface area contributed by atoms with E-state index in [4.69, 9.17) is 0 Å². The first-order valence-corrected chi connectivity index (χ1v) is 6.72. The summed E-state index contributed by atoms with van der Waals surface area (Å²) in [4.78, 5) is 0. The highest BCUT2D eigenvalue weighted by molar-refractivity contribution is 7.99. The highest BCUT2D eigenvalue weighted by Crippen LogP contribution is 2.24. The van der Waals surface area contributed by atoms with Crippen LogP contribution in [0.1, 0.15) is 19.3 Å². The van der Waals surface area contributed by atoms with Crippen LogP contribution in [0.3, 0.4) is 0 Å². The number of aromatic nitrogens is 4. The Morgan fingerprint density at radius 3 is 2.83 bits per heavy atom. The lowest BCUT2D eigenvalue weighted by atomic mass is 10.5.